The molecule has 5 rings (SSSR count). The van der Waals surface area contributed by atoms with Crippen LogP contribution >= 0.6 is 11.6 Å². The van der Waals surface area contributed by atoms with Crippen LogP contribution in [0.4, 0.5) is 0 Å². The lowest BCUT2D eigenvalue weighted by atomic mass is 9.42. The summed E-state index contributed by atoms with van der Waals surface area (Å²) in [4.78, 5) is 5.14. The molecule has 0 radical (unpaired) electrons. The molecular formula is C29H48ClNO. The van der Waals surface area contributed by atoms with E-state index in [0.717, 1.165) is 54.2 Å². The molecule has 0 aromatic rings. The molecule has 2 nitrogen and oxygen atoms in total. The fourth-order valence-corrected chi connectivity index (χ4v) is 10.5. The van der Waals surface area contributed by atoms with Crippen molar-refractivity contribution in [1.29, 1.82) is 0 Å². The monoisotopic (exact) mass is 461 g/mol. The van der Waals surface area contributed by atoms with E-state index in [9.17, 15) is 0 Å². The molecule has 0 bridgehead atoms. The Labute approximate surface area is 202 Å². The first kappa shape index (κ1) is 23.5. The molecule has 1 spiro atoms. The fourth-order valence-electron chi connectivity index (χ4n) is 10.1. The SMILES string of the molecule is CC1=N[C@H]2C[C@H]3[C@@H]4CC[C@H]([C@H](C)CCCC(C)C)[C@@]4(C)CC[C@@H]3[C@@]3(C)CC[C@H](Cl)C[C@]23O1. The van der Waals surface area contributed by atoms with Crippen molar-refractivity contribution in [1.82, 2.24) is 0 Å². The van der Waals surface area contributed by atoms with Crippen LogP contribution < -0.4 is 0 Å². The molecule has 0 aromatic heterocycles. The van der Waals surface area contributed by atoms with Gasteiger partial charge in [0.2, 0.25) is 0 Å². The highest BCUT2D eigenvalue weighted by molar-refractivity contribution is 6.20. The summed E-state index contributed by atoms with van der Waals surface area (Å²) in [7, 11) is 0. The van der Waals surface area contributed by atoms with Crippen LogP contribution in [0.3, 0.4) is 0 Å². The van der Waals surface area contributed by atoms with Crippen molar-refractivity contribution in [2.75, 3.05) is 0 Å². The predicted molar refractivity (Wildman–Crippen MR) is 135 cm³/mol. The number of nitrogens with zero attached hydrogens (tertiary/aromatic N) is 1. The standard InChI is InChI=1S/C29H48ClNO/c1-18(2)8-7-9-19(3)23-10-11-24-22-16-26-29(32-20(4)31-26)17-21(30)12-15-28(29,6)25(22)13-14-27(23,24)5/h18-19,21-26H,7-17H2,1-6H3/t19-,21+,22+,23-,24+,25+,26+,27-,28-,29+/m1/s1. The third-order valence-corrected chi connectivity index (χ3v) is 12.0. The van der Waals surface area contributed by atoms with Crippen LogP contribution in [0.5, 0.6) is 0 Å². The number of hydrogen-bond donors (Lipinski definition) is 0. The maximum absolute atomic E-state index is 6.78. The Kier molecular flexibility index (Phi) is 6.00. The Morgan fingerprint density at radius 1 is 1.03 bits per heavy atom. The van der Waals surface area contributed by atoms with Crippen molar-refractivity contribution < 1.29 is 4.74 Å². The smallest absolute Gasteiger partial charge is 0.181 e. The number of halogens is 1. The lowest BCUT2D eigenvalue weighted by Gasteiger charge is -2.65. The summed E-state index contributed by atoms with van der Waals surface area (Å²) >= 11 is 6.78. The van der Waals surface area contributed by atoms with Crippen molar-refractivity contribution in [3.63, 3.8) is 0 Å². The van der Waals surface area contributed by atoms with Gasteiger partial charge in [0.05, 0.1) is 6.04 Å². The van der Waals surface area contributed by atoms with Crippen LogP contribution in [0.25, 0.3) is 0 Å². The molecule has 0 N–H and O–H groups in total. The van der Waals surface area contributed by atoms with E-state index in [1.54, 1.807) is 0 Å². The van der Waals surface area contributed by atoms with Gasteiger partial charge in [-0.1, -0.05) is 53.9 Å². The number of hydrogen-bond acceptors (Lipinski definition) is 2. The molecule has 10 atom stereocenters. The first-order valence-electron chi connectivity index (χ1n) is 14.0. The third kappa shape index (κ3) is 3.35. The molecule has 182 valence electrons. The lowest BCUT2D eigenvalue weighted by Crippen LogP contribution is -2.67. The van der Waals surface area contributed by atoms with Gasteiger partial charge in [-0.25, -0.2) is 4.99 Å². The molecule has 0 amide bonds. The normalized spacial score (nSPS) is 50.7. The minimum atomic E-state index is -0.126. The molecule has 4 saturated carbocycles. The van der Waals surface area contributed by atoms with Gasteiger partial charge in [-0.2, -0.15) is 0 Å². The number of alkyl halides is 1. The van der Waals surface area contributed by atoms with Crippen molar-refractivity contribution >= 4 is 17.5 Å². The van der Waals surface area contributed by atoms with E-state index in [0.29, 0.717) is 11.5 Å². The quantitative estimate of drug-likeness (QED) is 0.377. The van der Waals surface area contributed by atoms with Crippen LogP contribution in [-0.2, 0) is 4.74 Å². The van der Waals surface area contributed by atoms with Gasteiger partial charge in [0.25, 0.3) is 0 Å². The molecule has 1 heterocycles. The average molecular weight is 462 g/mol. The summed E-state index contributed by atoms with van der Waals surface area (Å²) in [6.45, 7) is 14.7. The Morgan fingerprint density at radius 3 is 2.56 bits per heavy atom. The molecule has 0 unspecified atom stereocenters. The number of fused-ring (bicyclic) bond motifs is 4. The lowest BCUT2D eigenvalue weighted by molar-refractivity contribution is -0.195. The summed E-state index contributed by atoms with van der Waals surface area (Å²) in [6.07, 6.45) is 14.6. The van der Waals surface area contributed by atoms with Gasteiger partial charge in [0.1, 0.15) is 5.60 Å². The molecule has 5 aliphatic rings. The molecule has 0 aromatic carbocycles. The zero-order valence-corrected chi connectivity index (χ0v) is 22.4. The predicted octanol–water partition coefficient (Wildman–Crippen LogP) is 8.26. The first-order valence-corrected chi connectivity index (χ1v) is 14.4. The van der Waals surface area contributed by atoms with E-state index in [1.165, 1.54) is 57.8 Å². The van der Waals surface area contributed by atoms with Crippen molar-refractivity contribution in [3.05, 3.63) is 0 Å². The second-order valence-corrected chi connectivity index (χ2v) is 14.2. The van der Waals surface area contributed by atoms with Gasteiger partial charge < -0.3 is 4.74 Å². The van der Waals surface area contributed by atoms with Gasteiger partial charge in [-0.05, 0) is 85.9 Å². The third-order valence-electron chi connectivity index (χ3n) is 11.6. The Bertz CT molecular complexity index is 749. The average Bonchev–Trinajstić information content (AvgIpc) is 3.22. The van der Waals surface area contributed by atoms with Crippen molar-refractivity contribution in [3.8, 4) is 0 Å². The minimum Gasteiger partial charge on any atom is -0.472 e. The van der Waals surface area contributed by atoms with Crippen molar-refractivity contribution in [2.45, 2.75) is 129 Å². The number of rotatable bonds is 5. The van der Waals surface area contributed by atoms with Gasteiger partial charge in [-0.3, -0.25) is 0 Å². The maximum atomic E-state index is 6.78. The zero-order valence-electron chi connectivity index (χ0n) is 21.6. The van der Waals surface area contributed by atoms with E-state index in [2.05, 4.69) is 41.5 Å². The van der Waals surface area contributed by atoms with E-state index >= 15 is 0 Å². The summed E-state index contributed by atoms with van der Waals surface area (Å²) < 4.78 is 6.70. The molecule has 32 heavy (non-hydrogen) atoms. The van der Waals surface area contributed by atoms with Gasteiger partial charge in [0, 0.05) is 24.1 Å². The van der Waals surface area contributed by atoms with E-state index in [-0.39, 0.29) is 16.4 Å². The van der Waals surface area contributed by atoms with E-state index in [4.69, 9.17) is 21.3 Å². The Morgan fingerprint density at radius 2 is 1.81 bits per heavy atom. The summed E-state index contributed by atoms with van der Waals surface area (Å²) in [6, 6.07) is 0.333. The van der Waals surface area contributed by atoms with Crippen LogP contribution in [0.1, 0.15) is 112 Å². The second kappa shape index (κ2) is 8.17. The maximum Gasteiger partial charge on any atom is 0.181 e. The molecule has 1 aliphatic heterocycles. The summed E-state index contributed by atoms with van der Waals surface area (Å²) in [5.41, 5.74) is 0.644. The highest BCUT2D eigenvalue weighted by Crippen LogP contribution is 2.71. The van der Waals surface area contributed by atoms with Crippen LogP contribution in [0.2, 0.25) is 0 Å². The molecular weight excluding hydrogens is 414 g/mol. The highest BCUT2D eigenvalue weighted by atomic mass is 35.5. The minimum absolute atomic E-state index is 0.126. The Hall–Kier alpha value is -0.240. The first-order chi connectivity index (χ1) is 15.1. The number of aliphatic imine (C=N–C) groups is 1. The largest absolute Gasteiger partial charge is 0.472 e. The van der Waals surface area contributed by atoms with Crippen LogP contribution in [-0.4, -0.2) is 22.9 Å². The Balaban J connectivity index is 1.39. The van der Waals surface area contributed by atoms with Gasteiger partial charge in [-0.15, -0.1) is 11.6 Å². The second-order valence-electron chi connectivity index (χ2n) is 13.6. The van der Waals surface area contributed by atoms with Crippen LogP contribution in [0, 0.1) is 46.3 Å². The summed E-state index contributed by atoms with van der Waals surface area (Å²) in [5, 5.41) is 0.250. The number of ether oxygens (including phenoxy) is 1. The molecule has 3 heteroatoms. The molecule has 0 saturated heterocycles. The van der Waals surface area contributed by atoms with Gasteiger partial charge in [0.15, 0.2) is 5.90 Å². The molecule has 4 aliphatic carbocycles. The van der Waals surface area contributed by atoms with Crippen LogP contribution in [0.15, 0.2) is 4.99 Å². The van der Waals surface area contributed by atoms with Gasteiger partial charge >= 0.3 is 0 Å². The fraction of sp³-hybridized carbons (Fsp3) is 0.966. The molecule has 4 fully saturated rings. The van der Waals surface area contributed by atoms with E-state index < -0.39 is 0 Å². The summed E-state index contributed by atoms with van der Waals surface area (Å²) in [5.74, 6) is 6.07. The topological polar surface area (TPSA) is 21.6 Å². The van der Waals surface area contributed by atoms with Crippen molar-refractivity contribution in [2.24, 2.45) is 51.3 Å². The zero-order chi connectivity index (χ0) is 22.9. The van der Waals surface area contributed by atoms with E-state index in [1.807, 2.05) is 0 Å². The highest BCUT2D eigenvalue weighted by Gasteiger charge is 2.70.